The Morgan fingerprint density at radius 2 is 1.79 bits per heavy atom. The number of aliphatic carboxylic acids is 1. The summed E-state index contributed by atoms with van der Waals surface area (Å²) in [6.07, 6.45) is -3.00. The number of hydrogen-bond donors (Lipinski definition) is 5. The number of carbonyl (C=O) groups excluding carboxylic acids is 1. The van der Waals surface area contributed by atoms with Crippen LogP contribution in [0.5, 0.6) is 5.75 Å². The lowest BCUT2D eigenvalue weighted by Gasteiger charge is -2.39. The molecule has 1 aromatic rings. The Labute approximate surface area is 137 Å². The van der Waals surface area contributed by atoms with Crippen molar-refractivity contribution in [3.63, 3.8) is 0 Å². The first-order chi connectivity index (χ1) is 11.2. The molecule has 0 amide bonds. The molecule has 1 saturated carbocycles. The van der Waals surface area contributed by atoms with E-state index in [1.807, 2.05) is 0 Å². The van der Waals surface area contributed by atoms with E-state index in [4.69, 9.17) is 14.9 Å². The van der Waals surface area contributed by atoms with Crippen LogP contribution in [-0.4, -0.2) is 61.4 Å². The summed E-state index contributed by atoms with van der Waals surface area (Å²) in [7, 11) is 0. The van der Waals surface area contributed by atoms with Gasteiger partial charge in [-0.25, -0.2) is 9.59 Å². The van der Waals surface area contributed by atoms with E-state index < -0.39 is 48.7 Å². The predicted molar refractivity (Wildman–Crippen MR) is 80.9 cm³/mol. The molecule has 0 aliphatic heterocycles. The van der Waals surface area contributed by atoms with Crippen LogP contribution in [0.2, 0.25) is 0 Å². The van der Waals surface area contributed by atoms with Crippen molar-refractivity contribution < 1.29 is 39.9 Å². The topological polar surface area (TPSA) is 145 Å². The molecule has 130 valence electrons. The highest BCUT2D eigenvalue weighted by atomic mass is 16.6. The van der Waals surface area contributed by atoms with E-state index in [-0.39, 0.29) is 5.75 Å². The number of aromatic hydroxyl groups is 1. The first-order valence-electron chi connectivity index (χ1n) is 7.21. The van der Waals surface area contributed by atoms with Crippen molar-refractivity contribution in [1.29, 1.82) is 0 Å². The number of aliphatic hydroxyl groups excluding tert-OH is 2. The van der Waals surface area contributed by atoms with Gasteiger partial charge in [-0.1, -0.05) is 12.1 Å². The Morgan fingerprint density at radius 3 is 2.38 bits per heavy atom. The van der Waals surface area contributed by atoms with Crippen LogP contribution in [0.4, 0.5) is 0 Å². The average Bonchev–Trinajstić information content (AvgIpc) is 2.51. The van der Waals surface area contributed by atoms with Gasteiger partial charge in [0, 0.05) is 18.9 Å². The molecule has 1 fully saturated rings. The Bertz CT molecular complexity index is 638. The number of aliphatic hydroxyl groups is 3. The monoisotopic (exact) mass is 338 g/mol. The second-order valence-electron chi connectivity index (χ2n) is 5.70. The molecular formula is C16H18O8. The zero-order chi connectivity index (χ0) is 17.9. The number of ether oxygens (including phenoxy) is 1. The van der Waals surface area contributed by atoms with Crippen molar-refractivity contribution in [2.24, 2.45) is 0 Å². The maximum absolute atomic E-state index is 11.8. The maximum Gasteiger partial charge on any atom is 0.335 e. The predicted octanol–water partition coefficient (Wildman–Crippen LogP) is -0.352. The van der Waals surface area contributed by atoms with Gasteiger partial charge in [0.15, 0.2) is 5.60 Å². The number of carboxylic acid groups (broad SMARTS) is 1. The molecule has 1 aromatic carbocycles. The Hall–Kier alpha value is -2.42. The van der Waals surface area contributed by atoms with Crippen LogP contribution in [0.3, 0.4) is 0 Å². The van der Waals surface area contributed by atoms with Crippen molar-refractivity contribution >= 4 is 18.0 Å². The number of phenols is 1. The highest BCUT2D eigenvalue weighted by Crippen LogP contribution is 2.31. The third kappa shape index (κ3) is 4.10. The van der Waals surface area contributed by atoms with Crippen LogP contribution < -0.4 is 0 Å². The molecule has 0 radical (unpaired) electrons. The number of carboxylic acids is 1. The van der Waals surface area contributed by atoms with Crippen LogP contribution in [0.15, 0.2) is 30.3 Å². The van der Waals surface area contributed by atoms with E-state index in [0.717, 1.165) is 6.08 Å². The van der Waals surface area contributed by atoms with Crippen molar-refractivity contribution in [1.82, 2.24) is 0 Å². The Morgan fingerprint density at radius 1 is 1.17 bits per heavy atom. The van der Waals surface area contributed by atoms with E-state index in [9.17, 15) is 24.9 Å². The summed E-state index contributed by atoms with van der Waals surface area (Å²) in [6.45, 7) is 0. The van der Waals surface area contributed by atoms with E-state index in [1.54, 1.807) is 12.1 Å². The average molecular weight is 338 g/mol. The smallest absolute Gasteiger partial charge is 0.335 e. The van der Waals surface area contributed by atoms with Gasteiger partial charge in [0.1, 0.15) is 18.0 Å². The van der Waals surface area contributed by atoms with Gasteiger partial charge in [-0.3, -0.25) is 0 Å². The van der Waals surface area contributed by atoms with E-state index in [1.165, 1.54) is 18.2 Å². The quantitative estimate of drug-likeness (QED) is 0.370. The molecule has 1 aliphatic rings. The summed E-state index contributed by atoms with van der Waals surface area (Å²) in [5.74, 6) is -2.36. The summed E-state index contributed by atoms with van der Waals surface area (Å²) < 4.78 is 4.96. The first kappa shape index (κ1) is 17.9. The van der Waals surface area contributed by atoms with Crippen LogP contribution in [0.25, 0.3) is 6.08 Å². The summed E-state index contributed by atoms with van der Waals surface area (Å²) in [6, 6.07) is 5.97. The maximum atomic E-state index is 11.8. The number of benzene rings is 1. The molecule has 0 heterocycles. The van der Waals surface area contributed by atoms with Crippen LogP contribution in [0.1, 0.15) is 18.4 Å². The third-order valence-corrected chi connectivity index (χ3v) is 3.83. The Balaban J connectivity index is 2.03. The molecule has 8 nitrogen and oxygen atoms in total. The molecule has 2 rings (SSSR count). The lowest BCUT2D eigenvalue weighted by molar-refractivity contribution is -0.196. The van der Waals surface area contributed by atoms with Crippen LogP contribution >= 0.6 is 0 Å². The van der Waals surface area contributed by atoms with Gasteiger partial charge < -0.3 is 30.3 Å². The minimum absolute atomic E-state index is 0.0713. The largest absolute Gasteiger partial charge is 0.508 e. The standard InChI is InChI=1S/C16H18O8/c17-10-4-1-9(2-5-10)3-6-13(19)24-12-8-16(23,15(21)22)7-11(18)14(12)20/h1-6,11-12,14,17-18,20,23H,7-8H2,(H,21,22)/t11-,12+,14+,16+/m0/s1. The minimum atomic E-state index is -2.27. The van der Waals surface area contributed by atoms with E-state index >= 15 is 0 Å². The van der Waals surface area contributed by atoms with Crippen LogP contribution in [0, 0.1) is 0 Å². The highest BCUT2D eigenvalue weighted by Gasteiger charge is 2.50. The van der Waals surface area contributed by atoms with Gasteiger partial charge in [-0.2, -0.15) is 0 Å². The molecular weight excluding hydrogens is 320 g/mol. The lowest BCUT2D eigenvalue weighted by Crippen LogP contribution is -2.57. The van der Waals surface area contributed by atoms with Gasteiger partial charge >= 0.3 is 11.9 Å². The number of esters is 1. The zero-order valence-corrected chi connectivity index (χ0v) is 12.6. The molecule has 0 aromatic heterocycles. The van der Waals surface area contributed by atoms with Crippen molar-refractivity contribution in [3.05, 3.63) is 35.9 Å². The number of hydrogen-bond acceptors (Lipinski definition) is 7. The van der Waals surface area contributed by atoms with Crippen molar-refractivity contribution in [2.75, 3.05) is 0 Å². The third-order valence-electron chi connectivity index (χ3n) is 3.83. The SMILES string of the molecule is O=C(C=Cc1ccc(O)cc1)O[C@@H]1C[C@@](O)(C(=O)O)C[C@H](O)[C@H]1O. The molecule has 0 spiro atoms. The second-order valence-corrected chi connectivity index (χ2v) is 5.70. The fourth-order valence-electron chi connectivity index (χ4n) is 2.48. The molecule has 0 bridgehead atoms. The minimum Gasteiger partial charge on any atom is -0.508 e. The van der Waals surface area contributed by atoms with Gasteiger partial charge in [0.05, 0.1) is 6.10 Å². The summed E-state index contributed by atoms with van der Waals surface area (Å²) in [4.78, 5) is 22.9. The fourth-order valence-corrected chi connectivity index (χ4v) is 2.48. The molecule has 24 heavy (non-hydrogen) atoms. The second kappa shape index (κ2) is 7.00. The Kier molecular flexibility index (Phi) is 5.23. The summed E-state index contributed by atoms with van der Waals surface area (Å²) >= 11 is 0. The van der Waals surface area contributed by atoms with Crippen molar-refractivity contribution in [3.8, 4) is 5.75 Å². The number of phenolic OH excluding ortho intramolecular Hbond substituents is 1. The lowest BCUT2D eigenvalue weighted by atomic mass is 9.79. The summed E-state index contributed by atoms with van der Waals surface area (Å²) in [5, 5.41) is 47.6. The van der Waals surface area contributed by atoms with Gasteiger partial charge in [0.2, 0.25) is 0 Å². The van der Waals surface area contributed by atoms with E-state index in [0.29, 0.717) is 5.56 Å². The van der Waals surface area contributed by atoms with Gasteiger partial charge in [-0.05, 0) is 23.8 Å². The fraction of sp³-hybridized carbons (Fsp3) is 0.375. The summed E-state index contributed by atoms with van der Waals surface area (Å²) in [5.41, 5.74) is -1.67. The zero-order valence-electron chi connectivity index (χ0n) is 12.6. The van der Waals surface area contributed by atoms with Gasteiger partial charge in [-0.15, -0.1) is 0 Å². The molecule has 0 unspecified atom stereocenters. The molecule has 1 aliphatic carbocycles. The molecule has 5 N–H and O–H groups in total. The highest BCUT2D eigenvalue weighted by molar-refractivity contribution is 5.87. The molecule has 4 atom stereocenters. The van der Waals surface area contributed by atoms with Crippen LogP contribution in [-0.2, 0) is 14.3 Å². The van der Waals surface area contributed by atoms with E-state index in [2.05, 4.69) is 0 Å². The molecule has 0 saturated heterocycles. The molecule has 8 heteroatoms. The number of rotatable bonds is 4. The van der Waals surface area contributed by atoms with Gasteiger partial charge in [0.25, 0.3) is 0 Å². The number of carbonyl (C=O) groups is 2. The van der Waals surface area contributed by atoms with Crippen molar-refractivity contribution in [2.45, 2.75) is 36.8 Å². The normalized spacial score (nSPS) is 30.2. The first-order valence-corrected chi connectivity index (χ1v) is 7.21.